The van der Waals surface area contributed by atoms with Gasteiger partial charge in [0.25, 0.3) is 11.4 Å². The van der Waals surface area contributed by atoms with Crippen molar-refractivity contribution in [3.63, 3.8) is 0 Å². The molecular formula is C28H20BBrN2O6S2. The average Bonchev–Trinajstić information content (AvgIpc) is 3.59. The standard InChI is InChI=1S/C14H9NO2S.C8H7BO2S.C6H4BrNO2/c16-15(17)12-7-3-2-6-11(12)14-9-10-5-1-4-8-13(10)18-14;10-9(11)8-5-6-3-1-2-4-7(6)12-8;7-5-3-1-2-4-6(5)8(9)10/h1-9H;1-5,10-11H;1-4H. The summed E-state index contributed by atoms with van der Waals surface area (Å²) in [6.07, 6.45) is 0. The number of hydrogen-bond donors (Lipinski definition) is 2. The van der Waals surface area contributed by atoms with E-state index in [0.29, 0.717) is 14.8 Å². The zero-order valence-electron chi connectivity index (χ0n) is 20.6. The number of nitrogens with zero attached hydrogens (tertiary/aromatic N) is 2. The molecule has 4 aromatic carbocycles. The van der Waals surface area contributed by atoms with Crippen LogP contribution in [0.2, 0.25) is 0 Å². The molecule has 0 unspecified atom stereocenters. The molecule has 2 N–H and O–H groups in total. The van der Waals surface area contributed by atoms with Crippen molar-refractivity contribution in [2.75, 3.05) is 0 Å². The van der Waals surface area contributed by atoms with Crippen LogP contribution in [0, 0.1) is 20.2 Å². The van der Waals surface area contributed by atoms with Crippen molar-refractivity contribution < 1.29 is 19.9 Å². The minimum Gasteiger partial charge on any atom is -0.423 e. The summed E-state index contributed by atoms with van der Waals surface area (Å²) in [4.78, 5) is 21.4. The lowest BCUT2D eigenvalue weighted by Crippen LogP contribution is -2.26. The molecule has 0 spiro atoms. The zero-order valence-corrected chi connectivity index (χ0v) is 23.8. The lowest BCUT2D eigenvalue weighted by Gasteiger charge is -1.98. The minimum absolute atomic E-state index is 0.0995. The fourth-order valence-corrected chi connectivity index (χ4v) is 6.15. The first-order chi connectivity index (χ1) is 19.2. The molecule has 6 rings (SSSR count). The highest BCUT2D eigenvalue weighted by molar-refractivity contribution is 9.10. The Hall–Kier alpha value is -3.94. The molecule has 40 heavy (non-hydrogen) atoms. The van der Waals surface area contributed by atoms with Gasteiger partial charge in [-0.3, -0.25) is 20.2 Å². The van der Waals surface area contributed by atoms with Crippen LogP contribution in [0.25, 0.3) is 30.6 Å². The number of hydrogen-bond acceptors (Lipinski definition) is 8. The van der Waals surface area contributed by atoms with Gasteiger partial charge in [-0.15, -0.1) is 22.7 Å². The van der Waals surface area contributed by atoms with Gasteiger partial charge < -0.3 is 10.0 Å². The van der Waals surface area contributed by atoms with Gasteiger partial charge in [-0.05, 0) is 63.1 Å². The summed E-state index contributed by atoms with van der Waals surface area (Å²) >= 11 is 6.04. The Bertz CT molecular complexity index is 1720. The van der Waals surface area contributed by atoms with Crippen LogP contribution in [-0.2, 0) is 0 Å². The first-order valence-electron chi connectivity index (χ1n) is 11.7. The van der Waals surface area contributed by atoms with Gasteiger partial charge in [0.15, 0.2) is 0 Å². The molecule has 0 aliphatic heterocycles. The first-order valence-corrected chi connectivity index (χ1v) is 14.1. The van der Waals surface area contributed by atoms with E-state index in [4.69, 9.17) is 10.0 Å². The first kappa shape index (κ1) is 29.1. The van der Waals surface area contributed by atoms with Crippen LogP contribution >= 0.6 is 38.6 Å². The third-order valence-corrected chi connectivity index (χ3v) is 8.52. The molecule has 0 saturated carbocycles. The molecule has 0 atom stereocenters. The summed E-state index contributed by atoms with van der Waals surface area (Å²) in [6, 6.07) is 32.9. The molecule has 2 heterocycles. The average molecular weight is 635 g/mol. The number of nitro groups is 2. The van der Waals surface area contributed by atoms with Crippen molar-refractivity contribution in [3.05, 3.63) is 134 Å². The SMILES string of the molecule is O=[N+]([O-])c1ccccc1-c1cc2ccccc2s1.O=[N+]([O-])c1ccccc1Br.OB(O)c1cc2ccccc2s1. The number of fused-ring (bicyclic) bond motifs is 2. The van der Waals surface area contributed by atoms with Crippen LogP contribution in [0.3, 0.4) is 0 Å². The van der Waals surface area contributed by atoms with E-state index in [1.807, 2.05) is 60.7 Å². The number of halogens is 1. The molecule has 0 saturated heterocycles. The molecule has 2 aromatic heterocycles. The van der Waals surface area contributed by atoms with E-state index < -0.39 is 12.0 Å². The van der Waals surface area contributed by atoms with Gasteiger partial charge in [-0.2, -0.15) is 0 Å². The highest BCUT2D eigenvalue weighted by Crippen LogP contribution is 2.37. The summed E-state index contributed by atoms with van der Waals surface area (Å²) in [5.41, 5.74) is 0.940. The number of thiophene rings is 2. The Balaban J connectivity index is 0.000000147. The van der Waals surface area contributed by atoms with E-state index in [9.17, 15) is 20.2 Å². The Labute approximate surface area is 245 Å². The van der Waals surface area contributed by atoms with Crippen LogP contribution in [0.1, 0.15) is 0 Å². The molecule has 0 bridgehead atoms. The second-order valence-electron chi connectivity index (χ2n) is 8.19. The smallest absolute Gasteiger partial charge is 0.423 e. The minimum atomic E-state index is -1.35. The van der Waals surface area contributed by atoms with Gasteiger partial charge >= 0.3 is 7.12 Å². The van der Waals surface area contributed by atoms with Crippen molar-refractivity contribution >= 4 is 82.0 Å². The molecular weight excluding hydrogens is 615 g/mol. The number of nitro benzene ring substituents is 2. The third-order valence-electron chi connectivity index (χ3n) is 5.54. The number of para-hydroxylation sites is 2. The van der Waals surface area contributed by atoms with Gasteiger partial charge in [0.05, 0.1) is 19.9 Å². The van der Waals surface area contributed by atoms with Crippen LogP contribution in [0.4, 0.5) is 11.4 Å². The van der Waals surface area contributed by atoms with Gasteiger partial charge in [-0.25, -0.2) is 0 Å². The van der Waals surface area contributed by atoms with Crippen molar-refractivity contribution in [3.8, 4) is 10.4 Å². The Morgan fingerprint density at radius 3 is 1.68 bits per heavy atom. The van der Waals surface area contributed by atoms with Crippen LogP contribution < -0.4 is 4.78 Å². The summed E-state index contributed by atoms with van der Waals surface area (Å²) in [6.45, 7) is 0. The topological polar surface area (TPSA) is 127 Å². The molecule has 0 radical (unpaired) electrons. The van der Waals surface area contributed by atoms with Crippen molar-refractivity contribution in [2.24, 2.45) is 0 Å². The molecule has 8 nitrogen and oxygen atoms in total. The lowest BCUT2D eigenvalue weighted by atomic mass is 9.89. The van der Waals surface area contributed by atoms with E-state index >= 15 is 0 Å². The summed E-state index contributed by atoms with van der Waals surface area (Å²) in [5.74, 6) is 0. The fourth-order valence-electron chi connectivity index (χ4n) is 3.69. The molecule has 0 fully saturated rings. The van der Waals surface area contributed by atoms with Crippen LogP contribution in [-0.4, -0.2) is 27.0 Å². The lowest BCUT2D eigenvalue weighted by molar-refractivity contribution is -0.385. The molecule has 6 aromatic rings. The van der Waals surface area contributed by atoms with E-state index in [2.05, 4.69) is 15.9 Å². The highest BCUT2D eigenvalue weighted by atomic mass is 79.9. The zero-order chi connectivity index (χ0) is 28.6. The van der Waals surface area contributed by atoms with E-state index in [0.717, 1.165) is 25.0 Å². The maximum absolute atomic E-state index is 11.0. The second-order valence-corrected chi connectivity index (χ2v) is 11.2. The van der Waals surface area contributed by atoms with Crippen molar-refractivity contribution in [1.29, 1.82) is 0 Å². The van der Waals surface area contributed by atoms with E-state index in [1.54, 1.807) is 53.8 Å². The molecule has 12 heteroatoms. The van der Waals surface area contributed by atoms with Crippen molar-refractivity contribution in [2.45, 2.75) is 0 Å². The van der Waals surface area contributed by atoms with Crippen molar-refractivity contribution in [1.82, 2.24) is 0 Å². The predicted octanol–water partition coefficient (Wildman–Crippen LogP) is 7.41. The van der Waals surface area contributed by atoms with Gasteiger partial charge in [0, 0.05) is 31.2 Å². The maximum Gasteiger partial charge on any atom is 0.499 e. The molecule has 0 amide bonds. The normalized spacial score (nSPS) is 10.3. The molecule has 200 valence electrons. The predicted molar refractivity (Wildman–Crippen MR) is 166 cm³/mol. The van der Waals surface area contributed by atoms with Gasteiger partial charge in [0.1, 0.15) is 0 Å². The monoisotopic (exact) mass is 634 g/mol. The second kappa shape index (κ2) is 13.4. The van der Waals surface area contributed by atoms with E-state index in [-0.39, 0.29) is 16.3 Å². The summed E-state index contributed by atoms with van der Waals surface area (Å²) in [5, 5.41) is 41.2. The number of benzene rings is 4. The maximum atomic E-state index is 11.0. The fraction of sp³-hybridized carbons (Fsp3) is 0. The number of rotatable bonds is 4. The van der Waals surface area contributed by atoms with Crippen LogP contribution in [0.15, 0.2) is 114 Å². The quantitative estimate of drug-likeness (QED) is 0.118. The summed E-state index contributed by atoms with van der Waals surface area (Å²) < 4.78 is 3.34. The highest BCUT2D eigenvalue weighted by Gasteiger charge is 2.16. The molecule has 0 aliphatic rings. The van der Waals surface area contributed by atoms with Gasteiger partial charge in [-0.1, -0.05) is 60.7 Å². The summed E-state index contributed by atoms with van der Waals surface area (Å²) in [7, 11) is -1.35. The Kier molecular flexibility index (Phi) is 9.75. The van der Waals surface area contributed by atoms with Crippen LogP contribution in [0.5, 0.6) is 0 Å². The molecule has 0 aliphatic carbocycles. The van der Waals surface area contributed by atoms with Gasteiger partial charge in [0.2, 0.25) is 0 Å². The Morgan fingerprint density at radius 2 is 1.15 bits per heavy atom. The largest absolute Gasteiger partial charge is 0.499 e. The Morgan fingerprint density at radius 1 is 0.650 bits per heavy atom. The third kappa shape index (κ3) is 7.17. The van der Waals surface area contributed by atoms with E-state index in [1.165, 1.54) is 17.4 Å².